The van der Waals surface area contributed by atoms with Crippen molar-refractivity contribution in [1.82, 2.24) is 0 Å². The zero-order chi connectivity index (χ0) is 11.3. The van der Waals surface area contributed by atoms with Crippen LogP contribution in [0, 0.1) is 0 Å². The van der Waals surface area contributed by atoms with Gasteiger partial charge in [-0.1, -0.05) is 50.1 Å². The summed E-state index contributed by atoms with van der Waals surface area (Å²) in [5, 5.41) is 0. The third-order valence-corrected chi connectivity index (χ3v) is 2.29. The lowest BCUT2D eigenvalue weighted by molar-refractivity contribution is 1.54. The second-order valence-electron chi connectivity index (χ2n) is 3.22. The molecular formula is C15H16. The van der Waals surface area contributed by atoms with Crippen LogP contribution < -0.4 is 0 Å². The lowest BCUT2D eigenvalue weighted by Crippen LogP contribution is -1.87. The molecule has 0 heteroatoms. The van der Waals surface area contributed by atoms with Crippen LogP contribution in [-0.4, -0.2) is 0 Å². The van der Waals surface area contributed by atoms with E-state index in [0.717, 1.165) is 22.3 Å². The molecule has 0 N–H and O–H groups in total. The molecule has 0 aliphatic rings. The van der Waals surface area contributed by atoms with Crippen LogP contribution in [0.1, 0.15) is 29.2 Å². The summed E-state index contributed by atoms with van der Waals surface area (Å²) in [6.45, 7) is 13.4. The Morgan fingerprint density at radius 3 is 1.60 bits per heavy atom. The van der Waals surface area contributed by atoms with Crippen LogP contribution in [-0.2, 0) is 0 Å². The van der Waals surface area contributed by atoms with Gasteiger partial charge in [0.05, 0.1) is 0 Å². The molecule has 0 unspecified atom stereocenters. The Morgan fingerprint density at radius 1 is 0.800 bits per heavy atom. The van der Waals surface area contributed by atoms with Crippen molar-refractivity contribution in [3.63, 3.8) is 0 Å². The van der Waals surface area contributed by atoms with Gasteiger partial charge in [0, 0.05) is 0 Å². The van der Waals surface area contributed by atoms with Crippen LogP contribution in [0.3, 0.4) is 0 Å². The van der Waals surface area contributed by atoms with E-state index in [0.29, 0.717) is 0 Å². The second-order valence-corrected chi connectivity index (χ2v) is 3.22. The molecule has 0 saturated heterocycles. The molecule has 0 spiro atoms. The van der Waals surface area contributed by atoms with Gasteiger partial charge in [-0.15, -0.1) is 0 Å². The zero-order valence-electron chi connectivity index (χ0n) is 9.16. The predicted octanol–water partition coefficient (Wildman–Crippen LogP) is 4.65. The first kappa shape index (κ1) is 11.3. The molecule has 1 rings (SSSR count). The maximum Gasteiger partial charge on any atom is -0.0181 e. The number of rotatable bonds is 4. The fourth-order valence-corrected chi connectivity index (χ4v) is 1.52. The summed E-state index contributed by atoms with van der Waals surface area (Å²) in [4.78, 5) is 0. The number of allylic oxidation sites excluding steroid dienone is 1. The number of benzene rings is 1. The van der Waals surface area contributed by atoms with Gasteiger partial charge in [0.15, 0.2) is 0 Å². The minimum atomic E-state index is 1.09. The van der Waals surface area contributed by atoms with Gasteiger partial charge in [-0.2, -0.15) is 0 Å². The van der Waals surface area contributed by atoms with Crippen LogP contribution >= 0.6 is 0 Å². The topological polar surface area (TPSA) is 0 Å². The minimum absolute atomic E-state index is 1.09. The second kappa shape index (κ2) is 5.16. The molecule has 0 amide bonds. The maximum atomic E-state index is 3.81. The van der Waals surface area contributed by atoms with Crippen molar-refractivity contribution in [3.8, 4) is 0 Å². The molecule has 0 fully saturated rings. The highest BCUT2D eigenvalue weighted by molar-refractivity contribution is 5.74. The van der Waals surface area contributed by atoms with E-state index in [1.807, 2.05) is 31.2 Å². The normalized spacial score (nSPS) is 10.2. The molecule has 0 heterocycles. The van der Waals surface area contributed by atoms with Crippen molar-refractivity contribution >= 4 is 24.3 Å². The predicted molar refractivity (Wildman–Crippen MR) is 71.4 cm³/mol. The van der Waals surface area contributed by atoms with Crippen molar-refractivity contribution in [1.29, 1.82) is 0 Å². The molecule has 76 valence electrons. The van der Waals surface area contributed by atoms with Crippen LogP contribution in [0.15, 0.2) is 37.9 Å². The molecule has 0 aliphatic heterocycles. The summed E-state index contributed by atoms with van der Waals surface area (Å²) in [6, 6.07) is 4.17. The average Bonchev–Trinajstić information content (AvgIpc) is 2.28. The van der Waals surface area contributed by atoms with Gasteiger partial charge in [-0.05, 0) is 41.3 Å². The van der Waals surface area contributed by atoms with E-state index in [2.05, 4.69) is 37.9 Å². The molecule has 0 aromatic heterocycles. The van der Waals surface area contributed by atoms with Gasteiger partial charge >= 0.3 is 0 Å². The van der Waals surface area contributed by atoms with Crippen LogP contribution in [0.5, 0.6) is 0 Å². The third-order valence-electron chi connectivity index (χ3n) is 2.29. The van der Waals surface area contributed by atoms with Gasteiger partial charge < -0.3 is 0 Å². The van der Waals surface area contributed by atoms with E-state index in [1.165, 1.54) is 0 Å². The lowest BCUT2D eigenvalue weighted by Gasteiger charge is -2.07. The Morgan fingerprint density at radius 2 is 1.20 bits per heavy atom. The molecule has 1 aromatic rings. The van der Waals surface area contributed by atoms with E-state index in [9.17, 15) is 0 Å². The van der Waals surface area contributed by atoms with Gasteiger partial charge in [0.25, 0.3) is 0 Å². The summed E-state index contributed by atoms with van der Waals surface area (Å²) >= 11 is 0. The SMILES string of the molecule is C=Cc1cc(C=C)c(/C=C\C)cc1C=C. The minimum Gasteiger partial charge on any atom is -0.0984 e. The van der Waals surface area contributed by atoms with Crippen molar-refractivity contribution in [2.75, 3.05) is 0 Å². The average molecular weight is 196 g/mol. The van der Waals surface area contributed by atoms with E-state index < -0.39 is 0 Å². The van der Waals surface area contributed by atoms with Gasteiger partial charge in [-0.25, -0.2) is 0 Å². The van der Waals surface area contributed by atoms with Gasteiger partial charge in [0.2, 0.25) is 0 Å². The van der Waals surface area contributed by atoms with E-state index >= 15 is 0 Å². The maximum absolute atomic E-state index is 3.81. The Balaban J connectivity index is 3.46. The smallest absolute Gasteiger partial charge is 0.0181 e. The molecule has 15 heavy (non-hydrogen) atoms. The van der Waals surface area contributed by atoms with E-state index in [-0.39, 0.29) is 0 Å². The molecule has 0 radical (unpaired) electrons. The van der Waals surface area contributed by atoms with Crippen LogP contribution in [0.25, 0.3) is 24.3 Å². The molecule has 1 aromatic carbocycles. The molecule has 0 atom stereocenters. The summed E-state index contributed by atoms with van der Waals surface area (Å²) in [6.07, 6.45) is 9.62. The fourth-order valence-electron chi connectivity index (χ4n) is 1.52. The van der Waals surface area contributed by atoms with E-state index in [1.54, 1.807) is 0 Å². The Hall–Kier alpha value is -1.82. The van der Waals surface area contributed by atoms with Crippen molar-refractivity contribution in [3.05, 3.63) is 60.2 Å². The lowest BCUT2D eigenvalue weighted by atomic mass is 9.98. The highest BCUT2D eigenvalue weighted by Gasteiger charge is 2.01. The summed E-state index contributed by atoms with van der Waals surface area (Å²) in [7, 11) is 0. The largest absolute Gasteiger partial charge is 0.0984 e. The van der Waals surface area contributed by atoms with Crippen LogP contribution in [0.2, 0.25) is 0 Å². The fraction of sp³-hybridized carbons (Fsp3) is 0.0667. The summed E-state index contributed by atoms with van der Waals surface area (Å²) < 4.78 is 0. The molecule has 0 aliphatic carbocycles. The Labute approximate surface area is 92.0 Å². The monoisotopic (exact) mass is 196 g/mol. The van der Waals surface area contributed by atoms with Crippen molar-refractivity contribution in [2.24, 2.45) is 0 Å². The summed E-state index contributed by atoms with van der Waals surface area (Å²) in [5.74, 6) is 0. The molecule has 0 saturated carbocycles. The quantitative estimate of drug-likeness (QED) is 0.657. The zero-order valence-corrected chi connectivity index (χ0v) is 9.16. The van der Waals surface area contributed by atoms with Crippen molar-refractivity contribution in [2.45, 2.75) is 6.92 Å². The number of hydrogen-bond acceptors (Lipinski definition) is 0. The molecular weight excluding hydrogens is 180 g/mol. The van der Waals surface area contributed by atoms with Crippen LogP contribution in [0.4, 0.5) is 0 Å². The molecule has 0 nitrogen and oxygen atoms in total. The molecule has 0 bridgehead atoms. The highest BCUT2D eigenvalue weighted by atomic mass is 14.1. The van der Waals surface area contributed by atoms with Gasteiger partial charge in [-0.3, -0.25) is 0 Å². The van der Waals surface area contributed by atoms with Crippen molar-refractivity contribution < 1.29 is 0 Å². The summed E-state index contributed by atoms with van der Waals surface area (Å²) in [5.41, 5.74) is 4.47. The van der Waals surface area contributed by atoms with E-state index in [4.69, 9.17) is 0 Å². The Bertz CT molecular complexity index is 420. The van der Waals surface area contributed by atoms with Gasteiger partial charge in [0.1, 0.15) is 0 Å². The first-order chi connectivity index (χ1) is 7.26. The Kier molecular flexibility index (Phi) is 3.87. The first-order valence-electron chi connectivity index (χ1n) is 4.94. The highest BCUT2D eigenvalue weighted by Crippen LogP contribution is 2.21. The third kappa shape index (κ3) is 2.35. The number of hydrogen-bond donors (Lipinski definition) is 0. The first-order valence-corrected chi connectivity index (χ1v) is 4.94. The standard InChI is InChI=1S/C15H16/c1-5-9-15-11-13(7-3)12(6-2)10-14(15)8-4/h5-11H,2-4H2,1H3/b9-5-.